The maximum atomic E-state index is 12.3. The summed E-state index contributed by atoms with van der Waals surface area (Å²) in [7, 11) is 3.46. The molecule has 1 aromatic carbocycles. The van der Waals surface area contributed by atoms with Crippen LogP contribution < -0.4 is 0 Å². The molecular formula is C17H23NO3. The number of ether oxygens (including phenoxy) is 1. The highest BCUT2D eigenvalue weighted by molar-refractivity contribution is 5.75. The normalized spacial score (nSPS) is 35.7. The predicted octanol–water partition coefficient (Wildman–Crippen LogP) is 1.71. The van der Waals surface area contributed by atoms with Crippen LogP contribution in [0.2, 0.25) is 0 Å². The highest BCUT2D eigenvalue weighted by atomic mass is 16.5. The Morgan fingerprint density at radius 2 is 1.90 bits per heavy atom. The minimum Gasteiger partial charge on any atom is -0.469 e. The van der Waals surface area contributed by atoms with Crippen molar-refractivity contribution in [1.82, 2.24) is 4.90 Å². The van der Waals surface area contributed by atoms with Crippen molar-refractivity contribution in [2.24, 2.45) is 5.92 Å². The van der Waals surface area contributed by atoms with Gasteiger partial charge in [0, 0.05) is 18.0 Å². The lowest BCUT2D eigenvalue weighted by molar-refractivity contribution is -0.150. The van der Waals surface area contributed by atoms with Crippen molar-refractivity contribution < 1.29 is 14.6 Å². The molecule has 0 radical (unpaired) electrons. The van der Waals surface area contributed by atoms with Gasteiger partial charge in [0.2, 0.25) is 0 Å². The van der Waals surface area contributed by atoms with Crippen LogP contribution >= 0.6 is 0 Å². The first-order chi connectivity index (χ1) is 10.0. The number of aliphatic hydroxyl groups excluding tert-OH is 1. The van der Waals surface area contributed by atoms with Crippen LogP contribution in [0.4, 0.5) is 0 Å². The number of rotatable bonds is 2. The first-order valence-corrected chi connectivity index (χ1v) is 7.57. The maximum absolute atomic E-state index is 12.3. The summed E-state index contributed by atoms with van der Waals surface area (Å²) in [4.78, 5) is 14.5. The van der Waals surface area contributed by atoms with Gasteiger partial charge in [0.1, 0.15) is 0 Å². The minimum absolute atomic E-state index is 0.0671. The van der Waals surface area contributed by atoms with E-state index < -0.39 is 0 Å². The molecule has 0 unspecified atom stereocenters. The number of aliphatic hydroxyl groups is 1. The number of piperidine rings is 1. The lowest BCUT2D eigenvalue weighted by Gasteiger charge is -2.41. The largest absolute Gasteiger partial charge is 0.469 e. The molecule has 2 saturated heterocycles. The Kier molecular flexibility index (Phi) is 3.76. The summed E-state index contributed by atoms with van der Waals surface area (Å²) in [5.74, 6) is -0.234. The van der Waals surface area contributed by atoms with Gasteiger partial charge >= 0.3 is 5.97 Å². The van der Waals surface area contributed by atoms with Gasteiger partial charge in [-0.3, -0.25) is 9.69 Å². The topological polar surface area (TPSA) is 49.8 Å². The first kappa shape index (κ1) is 14.5. The molecule has 21 heavy (non-hydrogen) atoms. The molecule has 2 fully saturated rings. The van der Waals surface area contributed by atoms with E-state index >= 15 is 0 Å². The van der Waals surface area contributed by atoms with Crippen molar-refractivity contribution in [3.05, 3.63) is 35.4 Å². The summed E-state index contributed by atoms with van der Waals surface area (Å²) >= 11 is 0. The Morgan fingerprint density at radius 1 is 1.24 bits per heavy atom. The number of aryl methyl sites for hydroxylation is 1. The third-order valence-electron chi connectivity index (χ3n) is 5.30. The van der Waals surface area contributed by atoms with E-state index in [1.54, 1.807) is 0 Å². The van der Waals surface area contributed by atoms with Crippen LogP contribution in [-0.2, 0) is 9.53 Å². The second-order valence-electron chi connectivity index (χ2n) is 6.41. The van der Waals surface area contributed by atoms with E-state index in [9.17, 15) is 9.90 Å². The fourth-order valence-electron chi connectivity index (χ4n) is 4.10. The second-order valence-corrected chi connectivity index (χ2v) is 6.41. The van der Waals surface area contributed by atoms with Gasteiger partial charge < -0.3 is 9.84 Å². The third kappa shape index (κ3) is 2.36. The van der Waals surface area contributed by atoms with Crippen LogP contribution in [0.1, 0.15) is 29.9 Å². The Hall–Kier alpha value is -1.39. The minimum atomic E-state index is -0.345. The van der Waals surface area contributed by atoms with E-state index in [1.165, 1.54) is 18.2 Å². The zero-order valence-corrected chi connectivity index (χ0v) is 12.8. The number of fused-ring (bicyclic) bond motifs is 2. The Morgan fingerprint density at radius 3 is 2.52 bits per heavy atom. The summed E-state index contributed by atoms with van der Waals surface area (Å²) in [6.07, 6.45) is 1.11. The maximum Gasteiger partial charge on any atom is 0.310 e. The number of hydrogen-bond acceptors (Lipinski definition) is 4. The fourth-order valence-corrected chi connectivity index (χ4v) is 4.10. The van der Waals surface area contributed by atoms with Crippen molar-refractivity contribution in [1.29, 1.82) is 0 Å². The van der Waals surface area contributed by atoms with E-state index in [0.29, 0.717) is 6.42 Å². The molecule has 0 saturated carbocycles. The summed E-state index contributed by atoms with van der Waals surface area (Å²) in [6, 6.07) is 8.58. The Balaban J connectivity index is 1.97. The number of likely N-dealkylation sites (N-methyl/N-ethyl adjacent to an activating group) is 1. The van der Waals surface area contributed by atoms with Crippen LogP contribution in [0.15, 0.2) is 24.3 Å². The van der Waals surface area contributed by atoms with Crippen LogP contribution in [0, 0.1) is 12.8 Å². The van der Waals surface area contributed by atoms with Crippen molar-refractivity contribution in [3.63, 3.8) is 0 Å². The quantitative estimate of drug-likeness (QED) is 0.842. The lowest BCUT2D eigenvalue weighted by atomic mass is 9.76. The molecule has 4 heteroatoms. The average molecular weight is 289 g/mol. The highest BCUT2D eigenvalue weighted by Crippen LogP contribution is 2.46. The van der Waals surface area contributed by atoms with Crippen LogP contribution in [0.25, 0.3) is 0 Å². The number of benzene rings is 1. The monoisotopic (exact) mass is 289 g/mol. The van der Waals surface area contributed by atoms with E-state index in [0.717, 1.165) is 6.42 Å². The Labute approximate surface area is 125 Å². The average Bonchev–Trinajstić information content (AvgIpc) is 2.66. The molecule has 0 aromatic heterocycles. The van der Waals surface area contributed by atoms with Gasteiger partial charge in [0.25, 0.3) is 0 Å². The number of methoxy groups -OCH3 is 1. The molecule has 3 rings (SSSR count). The van der Waals surface area contributed by atoms with Gasteiger partial charge in [0.05, 0.1) is 19.1 Å². The number of nitrogens with zero attached hydrogens (tertiary/aromatic N) is 1. The van der Waals surface area contributed by atoms with Crippen molar-refractivity contribution in [2.75, 3.05) is 14.2 Å². The van der Waals surface area contributed by atoms with Gasteiger partial charge in [-0.25, -0.2) is 0 Å². The van der Waals surface area contributed by atoms with Gasteiger partial charge in [-0.15, -0.1) is 0 Å². The smallest absolute Gasteiger partial charge is 0.310 e. The van der Waals surface area contributed by atoms with Crippen LogP contribution in [0.5, 0.6) is 0 Å². The zero-order valence-electron chi connectivity index (χ0n) is 12.8. The molecule has 1 N–H and O–H groups in total. The molecule has 114 valence electrons. The predicted molar refractivity (Wildman–Crippen MR) is 80.0 cm³/mol. The number of carbonyl (C=O) groups is 1. The molecule has 0 spiro atoms. The number of hydrogen-bond donors (Lipinski definition) is 1. The summed E-state index contributed by atoms with van der Waals surface area (Å²) in [5.41, 5.74) is 2.39. The summed E-state index contributed by atoms with van der Waals surface area (Å²) in [5, 5.41) is 10.3. The molecule has 0 aliphatic carbocycles. The molecule has 4 nitrogen and oxygen atoms in total. The molecule has 5 atom stereocenters. The Bertz CT molecular complexity index is 527. The van der Waals surface area contributed by atoms with E-state index in [1.807, 2.05) is 7.05 Å². The van der Waals surface area contributed by atoms with Crippen molar-refractivity contribution in [3.8, 4) is 0 Å². The lowest BCUT2D eigenvalue weighted by Crippen LogP contribution is -2.49. The van der Waals surface area contributed by atoms with Gasteiger partial charge in [-0.05, 0) is 32.4 Å². The van der Waals surface area contributed by atoms with E-state index in [4.69, 9.17) is 4.74 Å². The first-order valence-electron chi connectivity index (χ1n) is 7.57. The highest BCUT2D eigenvalue weighted by Gasteiger charge is 2.53. The molecule has 2 aliphatic heterocycles. The van der Waals surface area contributed by atoms with Gasteiger partial charge in [-0.2, -0.15) is 0 Å². The summed E-state index contributed by atoms with van der Waals surface area (Å²) < 4.78 is 5.05. The molecule has 2 bridgehead atoms. The van der Waals surface area contributed by atoms with Gasteiger partial charge in [-0.1, -0.05) is 29.8 Å². The molecule has 2 heterocycles. The SMILES string of the molecule is COC(=O)[C@@H]1[C@H]2C[C@H](O)[C@@H](C[C@H]1c1ccc(C)cc1)N2C. The molecule has 1 aromatic rings. The second kappa shape index (κ2) is 5.43. The van der Waals surface area contributed by atoms with Gasteiger partial charge in [0.15, 0.2) is 0 Å². The van der Waals surface area contributed by atoms with Crippen molar-refractivity contribution in [2.45, 2.75) is 43.9 Å². The van der Waals surface area contributed by atoms with Crippen LogP contribution in [0.3, 0.4) is 0 Å². The molecule has 2 aliphatic rings. The molecule has 0 amide bonds. The number of esters is 1. The summed E-state index contributed by atoms with van der Waals surface area (Å²) in [6.45, 7) is 2.06. The molecular weight excluding hydrogens is 266 g/mol. The van der Waals surface area contributed by atoms with E-state index in [2.05, 4.69) is 36.1 Å². The standard InChI is InChI=1S/C17H23NO3/c1-10-4-6-11(7-5-10)12-8-13-15(19)9-14(18(13)2)16(12)17(20)21-3/h4-7,12-16,19H,8-9H2,1-3H3/t12-,13+,14+,15-,16-/m0/s1. The number of carbonyl (C=O) groups excluding carboxylic acids is 1. The fraction of sp³-hybridized carbons (Fsp3) is 0.588. The van der Waals surface area contributed by atoms with Crippen LogP contribution in [-0.4, -0.2) is 48.3 Å². The van der Waals surface area contributed by atoms with E-state index in [-0.39, 0.29) is 36.0 Å². The third-order valence-corrected chi connectivity index (χ3v) is 5.30. The van der Waals surface area contributed by atoms with Crippen molar-refractivity contribution >= 4 is 5.97 Å². The zero-order chi connectivity index (χ0) is 15.1.